The van der Waals surface area contributed by atoms with Gasteiger partial charge in [0, 0.05) is 11.1 Å². The van der Waals surface area contributed by atoms with Crippen molar-refractivity contribution < 1.29 is 19.2 Å². The van der Waals surface area contributed by atoms with Gasteiger partial charge in [-0.3, -0.25) is 19.2 Å². The van der Waals surface area contributed by atoms with E-state index < -0.39 is 29.3 Å². The number of amides is 1. The highest BCUT2D eigenvalue weighted by Gasteiger charge is 2.33. The minimum atomic E-state index is -1.48. The number of para-hydroxylation sites is 1. The molecule has 0 aromatic heterocycles. The number of fused-ring (bicyclic) bond motifs is 2. The molecule has 0 saturated carbocycles. The van der Waals surface area contributed by atoms with Gasteiger partial charge in [0.05, 0.1) is 32.5 Å². The Balaban J connectivity index is 1.69. The van der Waals surface area contributed by atoms with Gasteiger partial charge in [-0.05, 0) is 31.2 Å². The lowest BCUT2D eigenvalue weighted by molar-refractivity contribution is -0.126. The number of nitrogens with one attached hydrogen (secondary N) is 1. The maximum absolute atomic E-state index is 13.1. The molecule has 0 radical (unpaired) electrons. The molecule has 1 N–H and O–H groups in total. The van der Waals surface area contributed by atoms with E-state index >= 15 is 0 Å². The van der Waals surface area contributed by atoms with Gasteiger partial charge < -0.3 is 5.32 Å². The largest absolute Gasteiger partial charge is 0.322 e. The Morgan fingerprint density at radius 1 is 0.818 bits per heavy atom. The number of carbonyl (C=O) groups excluding carboxylic acids is 4. The van der Waals surface area contributed by atoms with E-state index in [1.54, 1.807) is 30.3 Å². The highest BCUT2D eigenvalue weighted by Crippen LogP contribution is 2.36. The first-order valence-corrected chi connectivity index (χ1v) is 10.5. The summed E-state index contributed by atoms with van der Waals surface area (Å²) in [7, 11) is 0. The number of carbonyl (C=O) groups is 4. The normalized spacial score (nSPS) is 13.4. The van der Waals surface area contributed by atoms with Crippen molar-refractivity contribution in [2.24, 2.45) is 10.2 Å². The summed E-state index contributed by atoms with van der Waals surface area (Å²) in [4.78, 5) is 50.9. The van der Waals surface area contributed by atoms with Crippen molar-refractivity contribution in [1.82, 2.24) is 0 Å². The topological polar surface area (TPSA) is 105 Å². The van der Waals surface area contributed by atoms with Crippen LogP contribution >= 0.6 is 23.2 Å². The molecule has 0 fully saturated rings. The molecule has 1 atom stereocenters. The molecule has 1 amide bonds. The van der Waals surface area contributed by atoms with Gasteiger partial charge in [-0.15, -0.1) is 0 Å². The Morgan fingerprint density at radius 3 is 2.12 bits per heavy atom. The second-order valence-corrected chi connectivity index (χ2v) is 8.03. The van der Waals surface area contributed by atoms with Crippen molar-refractivity contribution in [3.8, 4) is 0 Å². The van der Waals surface area contributed by atoms with Crippen LogP contribution in [-0.2, 0) is 9.59 Å². The molecule has 0 bridgehead atoms. The fraction of sp³-hybridized carbons (Fsp3) is 0.0833. The molecule has 4 rings (SSSR count). The number of Topliss-reactive ketones (excluding diaryl/α,β-unsaturated/α-hetero) is 1. The number of benzene rings is 3. The zero-order valence-corrected chi connectivity index (χ0v) is 18.6. The molecule has 3 aromatic carbocycles. The first-order valence-electron chi connectivity index (χ1n) is 9.77. The molecule has 0 heterocycles. The van der Waals surface area contributed by atoms with Crippen LogP contribution in [0.2, 0.25) is 10.0 Å². The second-order valence-electron chi connectivity index (χ2n) is 7.22. The zero-order valence-electron chi connectivity index (χ0n) is 17.1. The minimum Gasteiger partial charge on any atom is -0.322 e. The van der Waals surface area contributed by atoms with Crippen LogP contribution in [0, 0.1) is 0 Å². The molecule has 0 spiro atoms. The maximum Gasteiger partial charge on any atom is 0.258 e. The second kappa shape index (κ2) is 9.05. The summed E-state index contributed by atoms with van der Waals surface area (Å²) in [5.41, 5.74) is 0.825. The Morgan fingerprint density at radius 2 is 1.42 bits per heavy atom. The number of hydrogen-bond donors (Lipinski definition) is 1. The van der Waals surface area contributed by atoms with Crippen molar-refractivity contribution in [3.63, 3.8) is 0 Å². The predicted octanol–water partition coefficient (Wildman–Crippen LogP) is 5.45. The Labute approximate surface area is 198 Å². The van der Waals surface area contributed by atoms with Crippen LogP contribution in [-0.4, -0.2) is 29.3 Å². The molecule has 1 aliphatic rings. The lowest BCUT2D eigenvalue weighted by atomic mass is 9.83. The van der Waals surface area contributed by atoms with Crippen molar-refractivity contribution in [2.75, 3.05) is 5.32 Å². The molecule has 1 aliphatic carbocycles. The fourth-order valence-corrected chi connectivity index (χ4v) is 3.91. The summed E-state index contributed by atoms with van der Waals surface area (Å²) in [6, 6.07) is 14.2. The number of nitrogens with zero attached hydrogens (tertiary/aromatic N) is 2. The summed E-state index contributed by atoms with van der Waals surface area (Å²) in [6.45, 7) is 1.20. The van der Waals surface area contributed by atoms with Crippen LogP contribution in [0.5, 0.6) is 0 Å². The molecule has 33 heavy (non-hydrogen) atoms. The summed E-state index contributed by atoms with van der Waals surface area (Å²) in [6.07, 6.45) is 0. The van der Waals surface area contributed by atoms with Gasteiger partial charge in [0.25, 0.3) is 5.91 Å². The number of rotatable bonds is 5. The SMILES string of the molecule is CC(=O)[C@@H](N=Nc1cccc2c1C(=O)c1cccc(Cl)c1C2=O)C(=O)Nc1ccccc1Cl. The van der Waals surface area contributed by atoms with Crippen LogP contribution in [0.1, 0.15) is 38.8 Å². The Hall–Kier alpha value is -3.68. The number of hydrogen-bond acceptors (Lipinski definition) is 6. The van der Waals surface area contributed by atoms with Crippen LogP contribution in [0.15, 0.2) is 70.9 Å². The molecule has 0 saturated heterocycles. The van der Waals surface area contributed by atoms with Crippen LogP contribution < -0.4 is 5.32 Å². The van der Waals surface area contributed by atoms with Crippen LogP contribution in [0.25, 0.3) is 0 Å². The maximum atomic E-state index is 13.1. The molecule has 0 unspecified atom stereocenters. The molecule has 9 heteroatoms. The number of azo groups is 1. The lowest BCUT2D eigenvalue weighted by Gasteiger charge is -2.19. The van der Waals surface area contributed by atoms with Crippen LogP contribution in [0.3, 0.4) is 0 Å². The van der Waals surface area contributed by atoms with Crippen molar-refractivity contribution in [2.45, 2.75) is 13.0 Å². The first-order chi connectivity index (χ1) is 15.8. The van der Waals surface area contributed by atoms with Crippen molar-refractivity contribution >= 4 is 57.8 Å². The van der Waals surface area contributed by atoms with E-state index in [0.29, 0.717) is 10.7 Å². The minimum absolute atomic E-state index is 0.0369. The molecule has 3 aromatic rings. The van der Waals surface area contributed by atoms with Crippen molar-refractivity contribution in [1.29, 1.82) is 0 Å². The van der Waals surface area contributed by atoms with Gasteiger partial charge in [0.2, 0.25) is 6.04 Å². The Bertz CT molecular complexity index is 1370. The van der Waals surface area contributed by atoms with Crippen LogP contribution in [0.4, 0.5) is 11.4 Å². The van der Waals surface area contributed by atoms with E-state index in [2.05, 4.69) is 15.5 Å². The van der Waals surface area contributed by atoms with E-state index in [1.807, 2.05) is 0 Å². The van der Waals surface area contributed by atoms with Gasteiger partial charge in [0.1, 0.15) is 0 Å². The van der Waals surface area contributed by atoms with E-state index in [9.17, 15) is 19.2 Å². The lowest BCUT2D eigenvalue weighted by Crippen LogP contribution is -2.32. The smallest absolute Gasteiger partial charge is 0.258 e. The van der Waals surface area contributed by atoms with E-state index in [1.165, 1.54) is 37.3 Å². The molecule has 164 valence electrons. The average Bonchev–Trinajstić information content (AvgIpc) is 2.78. The molecule has 7 nitrogen and oxygen atoms in total. The van der Waals surface area contributed by atoms with Gasteiger partial charge >= 0.3 is 0 Å². The van der Waals surface area contributed by atoms with E-state index in [4.69, 9.17) is 23.2 Å². The standard InChI is InChI=1S/C24H15Cl2N3O4/c1-12(30)21(24(33)27-17-10-3-2-8-15(17)25)29-28-18-11-5-7-14-20(18)23(32)13-6-4-9-16(26)19(13)22(14)31/h2-11,21H,1H3,(H,27,33)/t21-/m1/s1. The molecule has 0 aliphatic heterocycles. The summed E-state index contributed by atoms with van der Waals surface area (Å²) >= 11 is 12.2. The van der Waals surface area contributed by atoms with E-state index in [-0.39, 0.29) is 33.0 Å². The molecular weight excluding hydrogens is 465 g/mol. The van der Waals surface area contributed by atoms with Gasteiger partial charge in [-0.1, -0.05) is 59.6 Å². The van der Waals surface area contributed by atoms with Crippen molar-refractivity contribution in [3.05, 3.63) is 93.0 Å². The molecular formula is C24H15Cl2N3O4. The van der Waals surface area contributed by atoms with Gasteiger partial charge in [0.15, 0.2) is 17.3 Å². The predicted molar refractivity (Wildman–Crippen MR) is 124 cm³/mol. The first kappa shape index (κ1) is 22.5. The summed E-state index contributed by atoms with van der Waals surface area (Å²) in [5, 5.41) is 10.9. The third-order valence-electron chi connectivity index (χ3n) is 5.05. The number of anilines is 1. The zero-order chi connectivity index (χ0) is 23.7. The number of ketones is 3. The highest BCUT2D eigenvalue weighted by atomic mass is 35.5. The third kappa shape index (κ3) is 4.20. The third-order valence-corrected chi connectivity index (χ3v) is 5.69. The quantitative estimate of drug-likeness (QED) is 0.303. The summed E-state index contributed by atoms with van der Waals surface area (Å²) in [5.74, 6) is -2.16. The average molecular weight is 480 g/mol. The highest BCUT2D eigenvalue weighted by molar-refractivity contribution is 6.39. The Kier molecular flexibility index (Phi) is 6.18. The number of halogens is 2. The van der Waals surface area contributed by atoms with E-state index in [0.717, 1.165) is 0 Å². The monoisotopic (exact) mass is 479 g/mol. The summed E-state index contributed by atoms with van der Waals surface area (Å²) < 4.78 is 0. The fourth-order valence-electron chi connectivity index (χ4n) is 3.47. The van der Waals surface area contributed by atoms with Gasteiger partial charge in [-0.2, -0.15) is 10.2 Å². The van der Waals surface area contributed by atoms with Gasteiger partial charge in [-0.25, -0.2) is 0 Å².